The normalized spacial score (nSPS) is 10.9. The molecule has 0 radical (unpaired) electrons. The predicted octanol–water partition coefficient (Wildman–Crippen LogP) is 4.70. The lowest BCUT2D eigenvalue weighted by atomic mass is 10.2. The molecule has 0 saturated carbocycles. The average Bonchev–Trinajstić information content (AvgIpc) is 2.70. The van der Waals surface area contributed by atoms with Crippen molar-refractivity contribution in [3.8, 4) is 0 Å². The maximum absolute atomic E-state index is 10.7. The van der Waals surface area contributed by atoms with Gasteiger partial charge in [0.15, 0.2) is 0 Å². The van der Waals surface area contributed by atoms with Crippen LogP contribution in [0.1, 0.15) is 19.8 Å². The van der Waals surface area contributed by atoms with Crippen LogP contribution in [0.25, 0.3) is 10.1 Å². The third kappa shape index (κ3) is 2.98. The van der Waals surface area contributed by atoms with E-state index in [4.69, 9.17) is 0 Å². The largest absolute Gasteiger partial charge is 0.270 e. The van der Waals surface area contributed by atoms with E-state index in [1.54, 1.807) is 23.5 Å². The molecule has 90 valence electrons. The minimum Gasteiger partial charge on any atom is -0.258 e. The van der Waals surface area contributed by atoms with Crippen molar-refractivity contribution in [1.82, 2.24) is 0 Å². The van der Waals surface area contributed by atoms with Gasteiger partial charge in [-0.3, -0.25) is 10.1 Å². The van der Waals surface area contributed by atoms with Crippen LogP contribution in [-0.4, -0.2) is 10.7 Å². The molecule has 0 saturated heterocycles. The van der Waals surface area contributed by atoms with Gasteiger partial charge in [0.2, 0.25) is 0 Å². The molecule has 0 bridgehead atoms. The Hall–Kier alpha value is -1.07. The van der Waals surface area contributed by atoms with Crippen molar-refractivity contribution in [3.05, 3.63) is 34.4 Å². The van der Waals surface area contributed by atoms with Crippen LogP contribution in [-0.2, 0) is 0 Å². The van der Waals surface area contributed by atoms with E-state index in [9.17, 15) is 10.1 Å². The molecule has 0 unspecified atom stereocenters. The SMILES string of the molecule is CCCCSc1cc2cc([N+](=O)[O-])ccc2s1. The Morgan fingerprint density at radius 1 is 1.41 bits per heavy atom. The summed E-state index contributed by atoms with van der Waals surface area (Å²) in [6.07, 6.45) is 2.41. The number of thiophene rings is 1. The molecule has 1 aromatic heterocycles. The first kappa shape index (κ1) is 12.4. The number of nitro benzene ring substituents is 1. The molecule has 0 spiro atoms. The van der Waals surface area contributed by atoms with Crippen LogP contribution in [0, 0.1) is 10.1 Å². The second-order valence-corrected chi connectivity index (χ2v) is 6.23. The van der Waals surface area contributed by atoms with E-state index in [0.29, 0.717) is 0 Å². The number of rotatable bonds is 5. The van der Waals surface area contributed by atoms with Gasteiger partial charge in [-0.15, -0.1) is 23.1 Å². The monoisotopic (exact) mass is 267 g/mol. The van der Waals surface area contributed by atoms with Crippen LogP contribution in [0.2, 0.25) is 0 Å². The number of fused-ring (bicyclic) bond motifs is 1. The van der Waals surface area contributed by atoms with E-state index < -0.39 is 0 Å². The molecule has 1 aromatic carbocycles. The van der Waals surface area contributed by atoms with Crippen LogP contribution in [0.15, 0.2) is 28.5 Å². The molecule has 0 amide bonds. The third-order valence-electron chi connectivity index (χ3n) is 2.43. The number of unbranched alkanes of at least 4 members (excludes halogenated alkanes) is 1. The number of hydrogen-bond donors (Lipinski definition) is 0. The van der Waals surface area contributed by atoms with E-state index in [2.05, 4.69) is 6.92 Å². The van der Waals surface area contributed by atoms with Gasteiger partial charge in [0.1, 0.15) is 0 Å². The summed E-state index contributed by atoms with van der Waals surface area (Å²) in [7, 11) is 0. The molecule has 0 aliphatic carbocycles. The summed E-state index contributed by atoms with van der Waals surface area (Å²) < 4.78 is 2.36. The summed E-state index contributed by atoms with van der Waals surface area (Å²) in [5.74, 6) is 1.12. The van der Waals surface area contributed by atoms with E-state index in [1.807, 2.05) is 23.9 Å². The molecule has 0 aliphatic rings. The van der Waals surface area contributed by atoms with Gasteiger partial charge in [-0.05, 0) is 24.3 Å². The standard InChI is InChI=1S/C12H13NO2S2/c1-2-3-6-16-12-8-9-7-10(13(14)15)4-5-11(9)17-12/h4-5,7-8H,2-3,6H2,1H3. The maximum atomic E-state index is 10.7. The summed E-state index contributed by atoms with van der Waals surface area (Å²) in [6.45, 7) is 2.18. The van der Waals surface area contributed by atoms with Gasteiger partial charge >= 0.3 is 0 Å². The summed E-state index contributed by atoms with van der Waals surface area (Å²) in [4.78, 5) is 10.3. The first-order valence-corrected chi connectivity index (χ1v) is 7.31. The Kier molecular flexibility index (Phi) is 4.02. The molecule has 3 nitrogen and oxygen atoms in total. The highest BCUT2D eigenvalue weighted by atomic mass is 32.2. The zero-order valence-corrected chi connectivity index (χ0v) is 11.1. The molecule has 2 aromatic rings. The topological polar surface area (TPSA) is 43.1 Å². The van der Waals surface area contributed by atoms with Crippen molar-refractivity contribution in [2.45, 2.75) is 24.0 Å². The minimum absolute atomic E-state index is 0.167. The highest BCUT2D eigenvalue weighted by Crippen LogP contribution is 2.34. The lowest BCUT2D eigenvalue weighted by Gasteiger charge is -1.93. The van der Waals surface area contributed by atoms with E-state index in [-0.39, 0.29) is 10.6 Å². The predicted molar refractivity (Wildman–Crippen MR) is 74.1 cm³/mol. The smallest absolute Gasteiger partial charge is 0.258 e. The van der Waals surface area contributed by atoms with Crippen molar-refractivity contribution in [2.24, 2.45) is 0 Å². The van der Waals surface area contributed by atoms with E-state index >= 15 is 0 Å². The van der Waals surface area contributed by atoms with Gasteiger partial charge in [0.05, 0.1) is 9.13 Å². The summed E-state index contributed by atoms with van der Waals surface area (Å²) in [5, 5.41) is 11.6. The Balaban J connectivity index is 2.21. The molecular weight excluding hydrogens is 254 g/mol. The fourth-order valence-electron chi connectivity index (χ4n) is 1.51. The highest BCUT2D eigenvalue weighted by Gasteiger charge is 2.08. The first-order valence-electron chi connectivity index (χ1n) is 5.51. The van der Waals surface area contributed by atoms with Crippen LogP contribution in [0.4, 0.5) is 5.69 Å². The second-order valence-electron chi connectivity index (χ2n) is 3.75. The summed E-state index contributed by atoms with van der Waals surface area (Å²) in [5.41, 5.74) is 0.167. The zero-order valence-electron chi connectivity index (χ0n) is 9.51. The van der Waals surface area contributed by atoms with Crippen LogP contribution < -0.4 is 0 Å². The van der Waals surface area contributed by atoms with Crippen molar-refractivity contribution in [1.29, 1.82) is 0 Å². The Bertz CT molecular complexity index is 536. The van der Waals surface area contributed by atoms with Crippen LogP contribution >= 0.6 is 23.1 Å². The van der Waals surface area contributed by atoms with Gasteiger partial charge in [-0.2, -0.15) is 0 Å². The van der Waals surface area contributed by atoms with E-state index in [0.717, 1.165) is 15.8 Å². The first-order chi connectivity index (χ1) is 8.20. The van der Waals surface area contributed by atoms with Gasteiger partial charge in [0, 0.05) is 22.2 Å². The van der Waals surface area contributed by atoms with E-state index in [1.165, 1.54) is 17.1 Å². The number of thioether (sulfide) groups is 1. The summed E-state index contributed by atoms with van der Waals surface area (Å²) >= 11 is 3.54. The lowest BCUT2D eigenvalue weighted by molar-refractivity contribution is -0.384. The number of hydrogen-bond acceptors (Lipinski definition) is 4. The molecule has 5 heteroatoms. The number of nitrogens with zero attached hydrogens (tertiary/aromatic N) is 1. The quantitative estimate of drug-likeness (QED) is 0.341. The van der Waals surface area contributed by atoms with Crippen molar-refractivity contribution >= 4 is 38.9 Å². The zero-order chi connectivity index (χ0) is 12.3. The van der Waals surface area contributed by atoms with Crippen LogP contribution in [0.5, 0.6) is 0 Å². The summed E-state index contributed by atoms with van der Waals surface area (Å²) in [6, 6.07) is 7.10. The van der Waals surface area contributed by atoms with Crippen molar-refractivity contribution in [2.75, 3.05) is 5.75 Å². The maximum Gasteiger partial charge on any atom is 0.270 e. The van der Waals surface area contributed by atoms with Gasteiger partial charge in [-0.1, -0.05) is 13.3 Å². The fourth-order valence-corrected chi connectivity index (χ4v) is 3.88. The fraction of sp³-hybridized carbons (Fsp3) is 0.333. The lowest BCUT2D eigenvalue weighted by Crippen LogP contribution is -1.85. The van der Waals surface area contributed by atoms with Gasteiger partial charge in [-0.25, -0.2) is 0 Å². The molecule has 1 heterocycles. The molecule has 0 fully saturated rings. The minimum atomic E-state index is -0.346. The molecule has 2 rings (SSSR count). The molecule has 0 atom stereocenters. The Morgan fingerprint density at radius 2 is 2.24 bits per heavy atom. The Labute approximate surface area is 108 Å². The third-order valence-corrected chi connectivity index (χ3v) is 4.84. The number of nitro groups is 1. The van der Waals surface area contributed by atoms with Crippen LogP contribution in [0.3, 0.4) is 0 Å². The average molecular weight is 267 g/mol. The highest BCUT2D eigenvalue weighted by molar-refractivity contribution is 8.01. The molecule has 0 N–H and O–H groups in total. The van der Waals surface area contributed by atoms with Crippen molar-refractivity contribution in [3.63, 3.8) is 0 Å². The number of non-ortho nitro benzene ring substituents is 1. The second kappa shape index (κ2) is 5.51. The van der Waals surface area contributed by atoms with Gasteiger partial charge in [0.25, 0.3) is 5.69 Å². The molecule has 0 aliphatic heterocycles. The number of benzene rings is 1. The molecular formula is C12H13NO2S2. The Morgan fingerprint density at radius 3 is 2.94 bits per heavy atom. The van der Waals surface area contributed by atoms with Crippen molar-refractivity contribution < 1.29 is 4.92 Å². The molecule has 17 heavy (non-hydrogen) atoms. The van der Waals surface area contributed by atoms with Gasteiger partial charge < -0.3 is 0 Å².